The van der Waals surface area contributed by atoms with Gasteiger partial charge in [-0.2, -0.15) is 0 Å². The van der Waals surface area contributed by atoms with Crippen LogP contribution in [0.3, 0.4) is 0 Å². The van der Waals surface area contributed by atoms with Crippen LogP contribution in [0.4, 0.5) is 5.69 Å². The number of nitrogens with zero attached hydrogens (tertiary/aromatic N) is 2. The topological polar surface area (TPSA) is 105 Å². The van der Waals surface area contributed by atoms with E-state index in [1.807, 2.05) is 13.8 Å². The summed E-state index contributed by atoms with van der Waals surface area (Å²) < 4.78 is 38.5. The highest BCUT2D eigenvalue weighted by Gasteiger charge is 2.33. The summed E-state index contributed by atoms with van der Waals surface area (Å²) in [6.45, 7) is 7.19. The third kappa shape index (κ3) is 7.24. The predicted octanol–water partition coefficient (Wildman–Crippen LogP) is 4.25. The third-order valence-electron chi connectivity index (χ3n) is 5.95. The number of ether oxygens (including phenoxy) is 2. The monoisotopic (exact) mass is 585 g/mol. The highest BCUT2D eigenvalue weighted by atomic mass is 35.5. The normalized spacial score (nSPS) is 13.7. The molecule has 2 aromatic rings. The second-order valence-electron chi connectivity index (χ2n) is 9.09. The molecule has 0 saturated carbocycles. The van der Waals surface area contributed by atoms with E-state index in [-0.39, 0.29) is 29.9 Å². The van der Waals surface area contributed by atoms with Crippen molar-refractivity contribution in [1.82, 2.24) is 10.2 Å². The van der Waals surface area contributed by atoms with Crippen LogP contribution in [0.2, 0.25) is 10.0 Å². The van der Waals surface area contributed by atoms with E-state index >= 15 is 0 Å². The lowest BCUT2D eigenvalue weighted by atomic mass is 10.1. The summed E-state index contributed by atoms with van der Waals surface area (Å²) in [6.07, 6.45) is 0.316. The van der Waals surface area contributed by atoms with Crippen molar-refractivity contribution in [3.8, 4) is 11.5 Å². The molecule has 3 rings (SSSR count). The maximum absolute atomic E-state index is 13.8. The molecule has 2 amide bonds. The van der Waals surface area contributed by atoms with Gasteiger partial charge in [0.05, 0.1) is 21.5 Å². The first-order chi connectivity index (χ1) is 18.0. The standard InChI is InChI=1S/C26H33Cl2N3O6S/c1-5-22(26(33)29-17(3)4)30(15-18-7-9-20(27)21(28)13-18)25(32)16-31(38(34,35)6-2)19-8-10-23-24(14-19)37-12-11-36-23/h7-10,13-14,17,22H,5-6,11-12,15-16H2,1-4H3,(H,29,33). The number of hydrogen-bond acceptors (Lipinski definition) is 6. The van der Waals surface area contributed by atoms with Crippen molar-refractivity contribution < 1.29 is 27.5 Å². The number of amides is 2. The number of rotatable bonds is 11. The zero-order valence-corrected chi connectivity index (χ0v) is 24.2. The molecule has 1 aliphatic rings. The summed E-state index contributed by atoms with van der Waals surface area (Å²) in [5.41, 5.74) is 0.909. The number of fused-ring (bicyclic) bond motifs is 1. The van der Waals surface area contributed by atoms with E-state index in [1.165, 1.54) is 11.8 Å². The Morgan fingerprint density at radius 3 is 2.29 bits per heavy atom. The maximum Gasteiger partial charge on any atom is 0.244 e. The van der Waals surface area contributed by atoms with E-state index < -0.39 is 28.5 Å². The Balaban J connectivity index is 2.00. The minimum absolute atomic E-state index is 0.0287. The minimum atomic E-state index is -3.87. The number of carbonyl (C=O) groups is 2. The number of sulfonamides is 1. The Hall–Kier alpha value is -2.69. The van der Waals surface area contributed by atoms with Crippen LogP contribution in [0, 0.1) is 0 Å². The lowest BCUT2D eigenvalue weighted by molar-refractivity contribution is -0.140. The summed E-state index contributed by atoms with van der Waals surface area (Å²) >= 11 is 12.3. The molecule has 1 aliphatic heterocycles. The molecule has 2 aromatic carbocycles. The fraction of sp³-hybridized carbons (Fsp3) is 0.462. The Morgan fingerprint density at radius 2 is 1.68 bits per heavy atom. The third-order valence-corrected chi connectivity index (χ3v) is 8.43. The zero-order valence-electron chi connectivity index (χ0n) is 21.9. The number of nitrogens with one attached hydrogen (secondary N) is 1. The van der Waals surface area contributed by atoms with Gasteiger partial charge >= 0.3 is 0 Å². The molecule has 12 heteroatoms. The predicted molar refractivity (Wildman–Crippen MR) is 149 cm³/mol. The van der Waals surface area contributed by atoms with Crippen molar-refractivity contribution in [3.63, 3.8) is 0 Å². The Morgan fingerprint density at radius 1 is 1.00 bits per heavy atom. The second kappa shape index (κ2) is 12.9. The maximum atomic E-state index is 13.8. The summed E-state index contributed by atoms with van der Waals surface area (Å²) in [7, 11) is -3.87. The number of hydrogen-bond donors (Lipinski definition) is 1. The molecule has 38 heavy (non-hydrogen) atoms. The van der Waals surface area contributed by atoms with E-state index in [0.29, 0.717) is 46.7 Å². The van der Waals surface area contributed by atoms with Crippen molar-refractivity contribution in [2.45, 2.75) is 52.7 Å². The van der Waals surface area contributed by atoms with Gasteiger partial charge in [0.15, 0.2) is 11.5 Å². The Bertz CT molecular complexity index is 1270. The van der Waals surface area contributed by atoms with Crippen LogP contribution >= 0.6 is 23.2 Å². The lowest BCUT2D eigenvalue weighted by Gasteiger charge is -2.33. The van der Waals surface area contributed by atoms with Crippen LogP contribution < -0.4 is 19.1 Å². The smallest absolute Gasteiger partial charge is 0.244 e. The van der Waals surface area contributed by atoms with Gasteiger partial charge < -0.3 is 19.7 Å². The van der Waals surface area contributed by atoms with Crippen molar-refractivity contribution in [2.24, 2.45) is 0 Å². The summed E-state index contributed by atoms with van der Waals surface area (Å²) in [5.74, 6) is -0.216. The zero-order chi connectivity index (χ0) is 28.0. The largest absolute Gasteiger partial charge is 0.486 e. The van der Waals surface area contributed by atoms with Gasteiger partial charge in [-0.3, -0.25) is 13.9 Å². The highest BCUT2D eigenvalue weighted by Crippen LogP contribution is 2.35. The number of anilines is 1. The molecule has 1 heterocycles. The van der Waals surface area contributed by atoms with E-state index in [4.69, 9.17) is 32.7 Å². The van der Waals surface area contributed by atoms with Crippen LogP contribution in [0.25, 0.3) is 0 Å². The first-order valence-corrected chi connectivity index (χ1v) is 14.8. The average molecular weight is 587 g/mol. The SMILES string of the molecule is CCC(C(=O)NC(C)C)N(Cc1ccc(Cl)c(Cl)c1)C(=O)CN(c1ccc2c(c1)OCCO2)S(=O)(=O)CC. The molecule has 0 saturated heterocycles. The summed E-state index contributed by atoms with van der Waals surface area (Å²) in [4.78, 5) is 28.3. The molecule has 0 radical (unpaired) electrons. The number of carbonyl (C=O) groups excluding carboxylic acids is 2. The van der Waals surface area contributed by atoms with Gasteiger partial charge in [-0.15, -0.1) is 0 Å². The highest BCUT2D eigenvalue weighted by molar-refractivity contribution is 7.92. The van der Waals surface area contributed by atoms with Crippen LogP contribution in [-0.4, -0.2) is 62.7 Å². The van der Waals surface area contributed by atoms with Gasteiger partial charge in [0.1, 0.15) is 25.8 Å². The van der Waals surface area contributed by atoms with Crippen LogP contribution in [0.1, 0.15) is 39.7 Å². The number of benzene rings is 2. The molecular weight excluding hydrogens is 553 g/mol. The van der Waals surface area contributed by atoms with E-state index in [1.54, 1.807) is 43.3 Å². The molecule has 0 spiro atoms. The molecule has 0 fully saturated rings. The minimum Gasteiger partial charge on any atom is -0.486 e. The number of halogens is 2. The van der Waals surface area contributed by atoms with Crippen LogP contribution in [0.15, 0.2) is 36.4 Å². The van der Waals surface area contributed by atoms with E-state index in [0.717, 1.165) is 4.31 Å². The molecule has 1 atom stereocenters. The molecule has 208 valence electrons. The van der Waals surface area contributed by atoms with Crippen LogP contribution in [0.5, 0.6) is 11.5 Å². The molecular formula is C26H33Cl2N3O6S. The lowest BCUT2D eigenvalue weighted by Crippen LogP contribution is -2.53. The summed E-state index contributed by atoms with van der Waals surface area (Å²) in [5, 5.41) is 3.52. The van der Waals surface area contributed by atoms with Crippen molar-refractivity contribution >= 4 is 50.7 Å². The second-order valence-corrected chi connectivity index (χ2v) is 12.1. The first kappa shape index (κ1) is 29.9. The van der Waals surface area contributed by atoms with Gasteiger partial charge in [0.25, 0.3) is 0 Å². The quantitative estimate of drug-likeness (QED) is 0.422. The van der Waals surface area contributed by atoms with Crippen molar-refractivity contribution in [2.75, 3.05) is 29.8 Å². The van der Waals surface area contributed by atoms with E-state index in [9.17, 15) is 18.0 Å². The molecule has 9 nitrogen and oxygen atoms in total. The van der Waals surface area contributed by atoms with Crippen molar-refractivity contribution in [3.05, 3.63) is 52.0 Å². The molecule has 0 aromatic heterocycles. The van der Waals surface area contributed by atoms with Crippen molar-refractivity contribution in [1.29, 1.82) is 0 Å². The van der Waals surface area contributed by atoms with Crippen LogP contribution in [-0.2, 0) is 26.2 Å². The molecule has 0 bridgehead atoms. The average Bonchev–Trinajstić information content (AvgIpc) is 2.88. The summed E-state index contributed by atoms with van der Waals surface area (Å²) in [6, 6.07) is 8.69. The molecule has 1 N–H and O–H groups in total. The van der Waals surface area contributed by atoms with Gasteiger partial charge in [-0.1, -0.05) is 36.2 Å². The van der Waals surface area contributed by atoms with E-state index in [2.05, 4.69) is 5.32 Å². The fourth-order valence-electron chi connectivity index (χ4n) is 4.04. The van der Waals surface area contributed by atoms with Gasteiger partial charge in [-0.05, 0) is 57.0 Å². The van der Waals surface area contributed by atoms with Gasteiger partial charge in [-0.25, -0.2) is 8.42 Å². The molecule has 0 aliphatic carbocycles. The fourth-order valence-corrected chi connectivity index (χ4v) is 5.42. The molecule has 1 unspecified atom stereocenters. The van der Waals surface area contributed by atoms with Gasteiger partial charge in [0, 0.05) is 18.7 Å². The van der Waals surface area contributed by atoms with Gasteiger partial charge in [0.2, 0.25) is 21.8 Å². The Labute approximate surface area is 234 Å². The Kier molecular flexibility index (Phi) is 10.1. The first-order valence-electron chi connectivity index (χ1n) is 12.4.